The summed E-state index contributed by atoms with van der Waals surface area (Å²) in [7, 11) is 0. The van der Waals surface area contributed by atoms with E-state index in [1.807, 2.05) is 24.4 Å². The maximum absolute atomic E-state index is 13.8. The molecule has 31 heavy (non-hydrogen) atoms. The summed E-state index contributed by atoms with van der Waals surface area (Å²) in [5.41, 5.74) is 1.54. The lowest BCUT2D eigenvalue weighted by Gasteiger charge is -2.43. The second-order valence-corrected chi connectivity index (χ2v) is 8.97. The van der Waals surface area contributed by atoms with Crippen molar-refractivity contribution in [3.05, 3.63) is 52.9 Å². The number of anilines is 1. The van der Waals surface area contributed by atoms with Gasteiger partial charge in [0.15, 0.2) is 0 Å². The monoisotopic (exact) mass is 504 g/mol. The Hall–Kier alpha value is -2.16. The zero-order valence-corrected chi connectivity index (χ0v) is 19.6. The molecule has 2 fully saturated rings. The Kier molecular flexibility index (Phi) is 6.50. The van der Waals surface area contributed by atoms with E-state index in [1.54, 1.807) is 6.33 Å². The van der Waals surface area contributed by atoms with Crippen LogP contribution in [0.3, 0.4) is 0 Å². The summed E-state index contributed by atoms with van der Waals surface area (Å²) < 4.78 is 1.04. The van der Waals surface area contributed by atoms with E-state index in [2.05, 4.69) is 58.1 Å². The Morgan fingerprint density at radius 1 is 1.00 bits per heavy atom. The number of benzene rings is 1. The Labute approximate surface area is 196 Å². The van der Waals surface area contributed by atoms with Crippen molar-refractivity contribution in [2.75, 3.05) is 44.2 Å². The molecule has 9 heteroatoms. The molecule has 4 heterocycles. The molecule has 2 aliphatic heterocycles. The van der Waals surface area contributed by atoms with Gasteiger partial charge >= 0.3 is 0 Å². The molecule has 2 aromatic heterocycles. The molecule has 5 rings (SSSR count). The second kappa shape index (κ2) is 9.14. The van der Waals surface area contributed by atoms with Gasteiger partial charge in [-0.3, -0.25) is 4.79 Å². The number of rotatable bonds is 3. The zero-order valence-electron chi connectivity index (χ0n) is 17.2. The van der Waals surface area contributed by atoms with E-state index in [-0.39, 0.29) is 18.3 Å². The molecule has 0 aliphatic carbocycles. The smallest absolute Gasteiger partial charge is 0.233 e. The molecule has 1 amide bonds. The summed E-state index contributed by atoms with van der Waals surface area (Å²) in [5.74, 6) is 1.21. The van der Waals surface area contributed by atoms with Crippen molar-refractivity contribution < 1.29 is 4.79 Å². The van der Waals surface area contributed by atoms with Crippen molar-refractivity contribution in [2.45, 2.75) is 18.3 Å². The number of piperidine rings is 1. The van der Waals surface area contributed by atoms with Gasteiger partial charge in [0.05, 0.1) is 10.8 Å². The topological polar surface area (TPSA) is 77.2 Å². The fourth-order valence-electron chi connectivity index (χ4n) is 4.78. The Morgan fingerprint density at radius 3 is 2.42 bits per heavy atom. The van der Waals surface area contributed by atoms with Gasteiger partial charge < -0.3 is 20.1 Å². The molecule has 2 aliphatic rings. The lowest BCUT2D eigenvalue weighted by molar-refractivity contribution is -0.139. The number of H-pyrrole nitrogens is 1. The first-order valence-electron chi connectivity index (χ1n) is 10.5. The van der Waals surface area contributed by atoms with Crippen LogP contribution in [0.1, 0.15) is 18.4 Å². The van der Waals surface area contributed by atoms with Crippen LogP contribution < -0.4 is 10.2 Å². The molecule has 2 N–H and O–H groups in total. The highest BCUT2D eigenvalue weighted by molar-refractivity contribution is 9.10. The SMILES string of the molecule is Cl.O=C(N1CCN(c2ncnc3[nH]ccc23)CC1)C1(c2ccc(Br)cc2)CCNCC1. The van der Waals surface area contributed by atoms with Crippen molar-refractivity contribution in [3.8, 4) is 0 Å². The molecule has 0 radical (unpaired) electrons. The molecule has 2 saturated heterocycles. The predicted octanol–water partition coefficient (Wildman–Crippen LogP) is 3.11. The number of piperazine rings is 1. The molecule has 7 nitrogen and oxygen atoms in total. The third kappa shape index (κ3) is 4.04. The summed E-state index contributed by atoms with van der Waals surface area (Å²) in [6.45, 7) is 4.71. The van der Waals surface area contributed by atoms with E-state index in [1.165, 1.54) is 0 Å². The number of hydrogen-bond donors (Lipinski definition) is 2. The third-order valence-corrected chi connectivity index (χ3v) is 6.99. The Bertz CT molecular complexity index is 1040. The van der Waals surface area contributed by atoms with Gasteiger partial charge in [-0.1, -0.05) is 28.1 Å². The second-order valence-electron chi connectivity index (χ2n) is 8.06. The largest absolute Gasteiger partial charge is 0.352 e. The normalized spacial score (nSPS) is 18.6. The first-order valence-corrected chi connectivity index (χ1v) is 11.3. The van der Waals surface area contributed by atoms with Crippen molar-refractivity contribution in [2.24, 2.45) is 0 Å². The summed E-state index contributed by atoms with van der Waals surface area (Å²) in [6.07, 6.45) is 5.16. The molecule has 1 aromatic carbocycles. The van der Waals surface area contributed by atoms with Crippen LogP contribution in [-0.4, -0.2) is 65.0 Å². The molecular weight excluding hydrogens is 480 g/mol. The van der Waals surface area contributed by atoms with E-state index >= 15 is 0 Å². The summed E-state index contributed by atoms with van der Waals surface area (Å²) >= 11 is 3.52. The van der Waals surface area contributed by atoms with E-state index in [9.17, 15) is 4.79 Å². The highest BCUT2D eigenvalue weighted by Gasteiger charge is 2.44. The van der Waals surface area contributed by atoms with E-state index in [4.69, 9.17) is 0 Å². The van der Waals surface area contributed by atoms with E-state index < -0.39 is 5.41 Å². The molecule has 0 atom stereocenters. The van der Waals surface area contributed by atoms with Gasteiger partial charge in [-0.15, -0.1) is 12.4 Å². The minimum atomic E-state index is -0.434. The standard InChI is InChI=1S/C22H25BrN6O.ClH/c23-17-3-1-16(2-4-17)22(6-9-24-10-7-22)21(30)29-13-11-28(12-14-29)20-18-5-8-25-19(18)26-15-27-20;/h1-5,8,15,24H,6-7,9-14H2,(H,25,26,27);1H. The van der Waals surface area contributed by atoms with Crippen LogP contribution >= 0.6 is 28.3 Å². The van der Waals surface area contributed by atoms with Gasteiger partial charge in [0.1, 0.15) is 17.8 Å². The number of nitrogens with one attached hydrogen (secondary N) is 2. The minimum absolute atomic E-state index is 0. The van der Waals surface area contributed by atoms with Crippen LogP contribution in [-0.2, 0) is 10.2 Å². The first-order chi connectivity index (χ1) is 14.7. The fourth-order valence-corrected chi connectivity index (χ4v) is 5.05. The number of amides is 1. The van der Waals surface area contributed by atoms with Crippen molar-refractivity contribution in [3.63, 3.8) is 0 Å². The zero-order chi connectivity index (χ0) is 20.6. The minimum Gasteiger partial charge on any atom is -0.352 e. The predicted molar refractivity (Wildman–Crippen MR) is 128 cm³/mol. The lowest BCUT2D eigenvalue weighted by atomic mass is 9.72. The Morgan fingerprint density at radius 2 is 1.71 bits per heavy atom. The van der Waals surface area contributed by atoms with Gasteiger partial charge in [0, 0.05) is 36.8 Å². The van der Waals surface area contributed by atoms with Gasteiger partial charge in [0.25, 0.3) is 0 Å². The number of aromatic amines is 1. The molecule has 0 saturated carbocycles. The first kappa shape index (κ1) is 22.0. The van der Waals surface area contributed by atoms with Crippen LogP contribution in [0, 0.1) is 0 Å². The number of aromatic nitrogens is 3. The van der Waals surface area contributed by atoms with E-state index in [0.717, 1.165) is 65.9 Å². The number of halogens is 2. The van der Waals surface area contributed by atoms with Crippen molar-refractivity contribution >= 4 is 51.1 Å². The quantitative estimate of drug-likeness (QED) is 0.572. The number of carbonyl (C=O) groups excluding carboxylic acids is 1. The summed E-state index contributed by atoms with van der Waals surface area (Å²) in [6, 6.07) is 10.3. The number of carbonyl (C=O) groups is 1. The van der Waals surface area contributed by atoms with Crippen molar-refractivity contribution in [1.82, 2.24) is 25.2 Å². The molecule has 0 unspecified atom stereocenters. The maximum atomic E-state index is 13.8. The lowest BCUT2D eigenvalue weighted by Crippen LogP contribution is -2.57. The Balaban J connectivity index is 0.00000231. The number of hydrogen-bond acceptors (Lipinski definition) is 5. The number of fused-ring (bicyclic) bond motifs is 1. The number of nitrogens with zero attached hydrogens (tertiary/aromatic N) is 4. The molecule has 0 spiro atoms. The van der Waals surface area contributed by atoms with Crippen LogP contribution in [0.2, 0.25) is 0 Å². The third-order valence-electron chi connectivity index (χ3n) is 6.46. The van der Waals surface area contributed by atoms with Gasteiger partial charge in [-0.05, 0) is 49.7 Å². The molecule has 164 valence electrons. The van der Waals surface area contributed by atoms with Crippen LogP contribution in [0.5, 0.6) is 0 Å². The van der Waals surface area contributed by atoms with Crippen LogP contribution in [0.15, 0.2) is 47.3 Å². The van der Waals surface area contributed by atoms with Gasteiger partial charge in [-0.25, -0.2) is 9.97 Å². The summed E-state index contributed by atoms with van der Waals surface area (Å²) in [5, 5.41) is 4.45. The fraction of sp³-hybridized carbons (Fsp3) is 0.409. The molecular formula is C22H26BrClN6O. The molecule has 3 aromatic rings. The van der Waals surface area contributed by atoms with Gasteiger partial charge in [0.2, 0.25) is 5.91 Å². The average molecular weight is 506 g/mol. The van der Waals surface area contributed by atoms with Crippen LogP contribution in [0.25, 0.3) is 11.0 Å². The van der Waals surface area contributed by atoms with Crippen LogP contribution in [0.4, 0.5) is 5.82 Å². The average Bonchev–Trinajstić information content (AvgIpc) is 3.29. The van der Waals surface area contributed by atoms with E-state index in [0.29, 0.717) is 13.1 Å². The summed E-state index contributed by atoms with van der Waals surface area (Å²) in [4.78, 5) is 30.1. The maximum Gasteiger partial charge on any atom is 0.233 e. The highest BCUT2D eigenvalue weighted by atomic mass is 79.9. The highest BCUT2D eigenvalue weighted by Crippen LogP contribution is 2.37. The van der Waals surface area contributed by atoms with Crippen molar-refractivity contribution in [1.29, 1.82) is 0 Å². The molecule has 0 bridgehead atoms. The van der Waals surface area contributed by atoms with Gasteiger partial charge in [-0.2, -0.15) is 0 Å².